The summed E-state index contributed by atoms with van der Waals surface area (Å²) in [6, 6.07) is 6.35. The highest BCUT2D eigenvalue weighted by atomic mass is 16.5. The first-order valence-electron chi connectivity index (χ1n) is 9.82. The molecule has 0 heterocycles. The maximum absolute atomic E-state index is 12.5. The van der Waals surface area contributed by atoms with Gasteiger partial charge in [-0.15, -0.1) is 0 Å². The van der Waals surface area contributed by atoms with Crippen molar-refractivity contribution in [1.29, 1.82) is 0 Å². The van der Waals surface area contributed by atoms with Gasteiger partial charge in [-0.3, -0.25) is 4.79 Å². The SMILES string of the molecule is CCC(Oc1ccc2c(c1)CCCC2)C(=O)NCC1CCCCC1. The molecule has 1 N–H and O–H groups in total. The molecular weight excluding hydrogens is 298 g/mol. The molecule has 0 radical (unpaired) electrons. The molecule has 0 aromatic heterocycles. The summed E-state index contributed by atoms with van der Waals surface area (Å²) in [7, 11) is 0. The number of benzene rings is 1. The zero-order valence-corrected chi connectivity index (χ0v) is 15.0. The number of ether oxygens (including phenoxy) is 1. The van der Waals surface area contributed by atoms with Crippen LogP contribution < -0.4 is 10.1 Å². The van der Waals surface area contributed by atoms with Crippen molar-refractivity contribution in [3.05, 3.63) is 29.3 Å². The van der Waals surface area contributed by atoms with Gasteiger partial charge in [0, 0.05) is 6.54 Å². The third-order valence-electron chi connectivity index (χ3n) is 5.55. The minimum absolute atomic E-state index is 0.0424. The lowest BCUT2D eigenvalue weighted by Crippen LogP contribution is -2.40. The van der Waals surface area contributed by atoms with Crippen molar-refractivity contribution in [1.82, 2.24) is 5.32 Å². The van der Waals surface area contributed by atoms with Crippen LogP contribution in [0.1, 0.15) is 69.4 Å². The number of hydrogen-bond acceptors (Lipinski definition) is 2. The number of amides is 1. The molecule has 2 aliphatic carbocycles. The Balaban J connectivity index is 1.54. The maximum Gasteiger partial charge on any atom is 0.261 e. The molecule has 1 atom stereocenters. The second-order valence-electron chi connectivity index (χ2n) is 7.40. The van der Waals surface area contributed by atoms with E-state index in [-0.39, 0.29) is 12.0 Å². The summed E-state index contributed by atoms with van der Waals surface area (Å²) in [5.41, 5.74) is 2.85. The molecule has 3 heteroatoms. The van der Waals surface area contributed by atoms with Crippen molar-refractivity contribution >= 4 is 5.91 Å². The summed E-state index contributed by atoms with van der Waals surface area (Å²) in [5, 5.41) is 3.12. The zero-order valence-electron chi connectivity index (χ0n) is 15.0. The molecule has 1 aromatic rings. The molecular formula is C21H31NO2. The summed E-state index contributed by atoms with van der Waals surface area (Å²) in [6.07, 6.45) is 11.7. The first kappa shape index (κ1) is 17.3. The van der Waals surface area contributed by atoms with E-state index in [2.05, 4.69) is 17.4 Å². The summed E-state index contributed by atoms with van der Waals surface area (Å²) >= 11 is 0. The molecule has 132 valence electrons. The highest BCUT2D eigenvalue weighted by Gasteiger charge is 2.21. The second-order valence-corrected chi connectivity index (χ2v) is 7.40. The molecule has 1 saturated carbocycles. The molecule has 1 unspecified atom stereocenters. The molecule has 1 amide bonds. The van der Waals surface area contributed by atoms with E-state index in [0.717, 1.165) is 18.7 Å². The molecule has 24 heavy (non-hydrogen) atoms. The van der Waals surface area contributed by atoms with Crippen LogP contribution in [0.25, 0.3) is 0 Å². The molecule has 0 bridgehead atoms. The third-order valence-corrected chi connectivity index (χ3v) is 5.55. The van der Waals surface area contributed by atoms with E-state index in [1.54, 1.807) is 0 Å². The Kier molecular flexibility index (Phi) is 6.17. The predicted molar refractivity (Wildman–Crippen MR) is 97.4 cm³/mol. The van der Waals surface area contributed by atoms with Gasteiger partial charge in [0.25, 0.3) is 5.91 Å². The van der Waals surface area contributed by atoms with E-state index < -0.39 is 0 Å². The predicted octanol–water partition coefficient (Wildman–Crippen LogP) is 4.42. The van der Waals surface area contributed by atoms with Crippen LogP contribution >= 0.6 is 0 Å². The van der Waals surface area contributed by atoms with Gasteiger partial charge in [-0.1, -0.05) is 32.3 Å². The summed E-state index contributed by atoms with van der Waals surface area (Å²) in [4.78, 5) is 12.5. The van der Waals surface area contributed by atoms with Crippen LogP contribution in [0.5, 0.6) is 5.75 Å². The van der Waals surface area contributed by atoms with Gasteiger partial charge in [0.1, 0.15) is 5.75 Å². The number of fused-ring (bicyclic) bond motifs is 1. The van der Waals surface area contributed by atoms with E-state index in [1.807, 2.05) is 13.0 Å². The minimum atomic E-state index is -0.379. The number of hydrogen-bond donors (Lipinski definition) is 1. The van der Waals surface area contributed by atoms with E-state index in [4.69, 9.17) is 4.74 Å². The smallest absolute Gasteiger partial charge is 0.261 e. The van der Waals surface area contributed by atoms with Crippen LogP contribution in [-0.4, -0.2) is 18.6 Å². The molecule has 1 aromatic carbocycles. The van der Waals surface area contributed by atoms with Crippen molar-refractivity contribution in [2.24, 2.45) is 5.92 Å². The minimum Gasteiger partial charge on any atom is -0.481 e. The van der Waals surface area contributed by atoms with Gasteiger partial charge >= 0.3 is 0 Å². The molecule has 1 fully saturated rings. The van der Waals surface area contributed by atoms with Crippen LogP contribution in [0, 0.1) is 5.92 Å². The topological polar surface area (TPSA) is 38.3 Å². The standard InChI is InChI=1S/C21H31NO2/c1-2-20(21(23)22-15-16-8-4-3-5-9-16)24-19-13-12-17-10-6-7-11-18(17)14-19/h12-14,16,20H,2-11,15H2,1H3,(H,22,23). The first-order valence-corrected chi connectivity index (χ1v) is 9.82. The van der Waals surface area contributed by atoms with Crippen molar-refractivity contribution in [2.45, 2.75) is 77.2 Å². The van der Waals surface area contributed by atoms with E-state index in [1.165, 1.54) is 62.5 Å². The van der Waals surface area contributed by atoms with Crippen molar-refractivity contribution in [3.8, 4) is 5.75 Å². The number of carbonyl (C=O) groups is 1. The molecule has 3 nitrogen and oxygen atoms in total. The van der Waals surface area contributed by atoms with Crippen LogP contribution in [0.2, 0.25) is 0 Å². The molecule has 3 rings (SSSR count). The zero-order chi connectivity index (χ0) is 16.8. The quantitative estimate of drug-likeness (QED) is 0.839. The summed E-state index contributed by atoms with van der Waals surface area (Å²) in [5.74, 6) is 1.54. The molecule has 0 aliphatic heterocycles. The lowest BCUT2D eigenvalue weighted by atomic mass is 9.89. The first-order chi connectivity index (χ1) is 11.8. The van der Waals surface area contributed by atoms with Crippen LogP contribution in [-0.2, 0) is 17.6 Å². The molecule has 0 saturated heterocycles. The Morgan fingerprint density at radius 1 is 1.12 bits per heavy atom. The van der Waals surface area contributed by atoms with Gasteiger partial charge in [-0.2, -0.15) is 0 Å². The van der Waals surface area contributed by atoms with Crippen LogP contribution in [0.3, 0.4) is 0 Å². The van der Waals surface area contributed by atoms with Gasteiger partial charge in [-0.25, -0.2) is 0 Å². The fraction of sp³-hybridized carbons (Fsp3) is 0.667. The van der Waals surface area contributed by atoms with Crippen molar-refractivity contribution in [2.75, 3.05) is 6.54 Å². The fourth-order valence-electron chi connectivity index (χ4n) is 4.02. The normalized spacial score (nSPS) is 19.4. The van der Waals surface area contributed by atoms with Gasteiger partial charge in [0.2, 0.25) is 0 Å². The number of carbonyl (C=O) groups excluding carboxylic acids is 1. The van der Waals surface area contributed by atoms with Crippen molar-refractivity contribution in [3.63, 3.8) is 0 Å². The molecule has 2 aliphatic rings. The Morgan fingerprint density at radius 2 is 1.88 bits per heavy atom. The highest BCUT2D eigenvalue weighted by molar-refractivity contribution is 5.81. The van der Waals surface area contributed by atoms with Crippen molar-refractivity contribution < 1.29 is 9.53 Å². The Labute approximate surface area is 146 Å². The molecule has 0 spiro atoms. The second kappa shape index (κ2) is 8.55. The number of aryl methyl sites for hydroxylation is 2. The van der Waals surface area contributed by atoms with Gasteiger partial charge in [0.15, 0.2) is 6.10 Å². The number of rotatable bonds is 6. The third kappa shape index (κ3) is 4.52. The van der Waals surface area contributed by atoms with Gasteiger partial charge in [-0.05, 0) is 74.1 Å². The van der Waals surface area contributed by atoms with E-state index in [9.17, 15) is 4.79 Å². The summed E-state index contributed by atoms with van der Waals surface area (Å²) in [6.45, 7) is 2.83. The largest absolute Gasteiger partial charge is 0.481 e. The van der Waals surface area contributed by atoms with E-state index in [0.29, 0.717) is 12.3 Å². The Morgan fingerprint density at radius 3 is 2.62 bits per heavy atom. The van der Waals surface area contributed by atoms with E-state index >= 15 is 0 Å². The Hall–Kier alpha value is -1.51. The average molecular weight is 329 g/mol. The fourth-order valence-corrected chi connectivity index (χ4v) is 4.02. The van der Waals surface area contributed by atoms with Crippen LogP contribution in [0.15, 0.2) is 18.2 Å². The lowest BCUT2D eigenvalue weighted by molar-refractivity contribution is -0.128. The highest BCUT2D eigenvalue weighted by Crippen LogP contribution is 2.26. The van der Waals surface area contributed by atoms with Gasteiger partial charge in [0.05, 0.1) is 0 Å². The average Bonchev–Trinajstić information content (AvgIpc) is 2.65. The van der Waals surface area contributed by atoms with Gasteiger partial charge < -0.3 is 10.1 Å². The Bertz CT molecular complexity index is 549. The van der Waals surface area contributed by atoms with Crippen LogP contribution in [0.4, 0.5) is 0 Å². The number of nitrogens with one attached hydrogen (secondary N) is 1. The summed E-state index contributed by atoms with van der Waals surface area (Å²) < 4.78 is 6.02. The monoisotopic (exact) mass is 329 g/mol. The maximum atomic E-state index is 12.5. The lowest BCUT2D eigenvalue weighted by Gasteiger charge is -2.24.